The summed E-state index contributed by atoms with van der Waals surface area (Å²) in [6.07, 6.45) is 1.08. The predicted molar refractivity (Wildman–Crippen MR) is 84.4 cm³/mol. The first kappa shape index (κ1) is 15.8. The molecule has 116 valence electrons. The van der Waals surface area contributed by atoms with Gasteiger partial charge in [-0.1, -0.05) is 0 Å². The second kappa shape index (κ2) is 7.43. The number of nitrogens with two attached hydrogens (primary N) is 1. The molecule has 0 bridgehead atoms. The summed E-state index contributed by atoms with van der Waals surface area (Å²) in [4.78, 5) is 14.2. The lowest BCUT2D eigenvalue weighted by Gasteiger charge is -2.17. The van der Waals surface area contributed by atoms with Crippen molar-refractivity contribution < 1.29 is 9.53 Å². The van der Waals surface area contributed by atoms with Crippen molar-refractivity contribution >= 4 is 11.6 Å². The number of anilines is 1. The van der Waals surface area contributed by atoms with E-state index in [1.165, 1.54) is 0 Å². The lowest BCUT2D eigenvalue weighted by molar-refractivity contribution is -0.117. The first-order chi connectivity index (χ1) is 10.1. The van der Waals surface area contributed by atoms with Gasteiger partial charge in [-0.05, 0) is 57.0 Å². The number of likely N-dealkylation sites (tertiary alicyclic amines) is 1. The third-order valence-corrected chi connectivity index (χ3v) is 3.87. The number of rotatable bonds is 6. The van der Waals surface area contributed by atoms with E-state index in [1.54, 1.807) is 0 Å². The van der Waals surface area contributed by atoms with Crippen LogP contribution in [-0.4, -0.2) is 43.1 Å². The summed E-state index contributed by atoms with van der Waals surface area (Å²) in [6.45, 7) is 6.91. The molecule has 21 heavy (non-hydrogen) atoms. The molecule has 1 amide bonds. The molecule has 1 fully saturated rings. The average Bonchev–Trinajstić information content (AvgIpc) is 2.90. The summed E-state index contributed by atoms with van der Waals surface area (Å²) in [5.41, 5.74) is 6.71. The molecular weight excluding hydrogens is 266 g/mol. The van der Waals surface area contributed by atoms with Gasteiger partial charge in [0, 0.05) is 18.3 Å². The van der Waals surface area contributed by atoms with E-state index in [1.807, 2.05) is 38.1 Å². The topological polar surface area (TPSA) is 67.6 Å². The van der Waals surface area contributed by atoms with Gasteiger partial charge in [-0.25, -0.2) is 0 Å². The number of benzene rings is 1. The van der Waals surface area contributed by atoms with Gasteiger partial charge in [-0.3, -0.25) is 9.69 Å². The minimum Gasteiger partial charge on any atom is -0.494 e. The number of ether oxygens (including phenoxy) is 1. The van der Waals surface area contributed by atoms with Crippen LogP contribution in [0.2, 0.25) is 0 Å². The highest BCUT2D eigenvalue weighted by Crippen LogP contribution is 2.19. The van der Waals surface area contributed by atoms with E-state index < -0.39 is 0 Å². The maximum Gasteiger partial charge on any atom is 0.238 e. The Labute approximate surface area is 126 Å². The van der Waals surface area contributed by atoms with Crippen molar-refractivity contribution in [3.63, 3.8) is 0 Å². The maximum atomic E-state index is 12.0. The minimum atomic E-state index is 0.0180. The zero-order chi connectivity index (χ0) is 15.2. The van der Waals surface area contributed by atoms with Crippen LogP contribution in [0.25, 0.3) is 0 Å². The van der Waals surface area contributed by atoms with Crippen molar-refractivity contribution in [3.05, 3.63) is 24.3 Å². The van der Waals surface area contributed by atoms with Crippen LogP contribution in [0.3, 0.4) is 0 Å². The Morgan fingerprint density at radius 3 is 2.76 bits per heavy atom. The maximum absolute atomic E-state index is 12.0. The normalized spacial score (nSPS) is 20.2. The molecule has 1 heterocycles. The van der Waals surface area contributed by atoms with Crippen molar-refractivity contribution in [2.45, 2.75) is 26.3 Å². The first-order valence-corrected chi connectivity index (χ1v) is 7.59. The highest BCUT2D eigenvalue weighted by molar-refractivity contribution is 5.92. The van der Waals surface area contributed by atoms with Crippen LogP contribution >= 0.6 is 0 Å². The molecule has 2 rings (SSSR count). The van der Waals surface area contributed by atoms with Gasteiger partial charge in [0.1, 0.15) is 5.75 Å². The van der Waals surface area contributed by atoms with E-state index in [0.29, 0.717) is 19.1 Å². The van der Waals surface area contributed by atoms with Crippen LogP contribution in [0.15, 0.2) is 24.3 Å². The molecule has 2 unspecified atom stereocenters. The number of amides is 1. The Balaban J connectivity index is 1.79. The molecule has 0 spiro atoms. The SMILES string of the molecule is CCOc1ccc(NC(=O)CN2CCC(C(C)N)C2)cc1. The summed E-state index contributed by atoms with van der Waals surface area (Å²) in [7, 11) is 0. The van der Waals surface area contributed by atoms with Gasteiger partial charge in [0.15, 0.2) is 0 Å². The third kappa shape index (κ3) is 4.72. The standard InChI is InChI=1S/C16H25N3O2/c1-3-21-15-6-4-14(5-7-15)18-16(20)11-19-9-8-13(10-19)12(2)17/h4-7,12-13H,3,8-11,17H2,1-2H3,(H,18,20). The lowest BCUT2D eigenvalue weighted by atomic mass is 10.0. The number of carbonyl (C=O) groups is 1. The average molecular weight is 291 g/mol. The summed E-state index contributed by atoms with van der Waals surface area (Å²) >= 11 is 0. The molecule has 2 atom stereocenters. The van der Waals surface area contributed by atoms with Crippen LogP contribution < -0.4 is 15.8 Å². The Bertz CT molecular complexity index is 459. The molecule has 0 aromatic heterocycles. The van der Waals surface area contributed by atoms with Gasteiger partial charge in [-0.15, -0.1) is 0 Å². The fourth-order valence-corrected chi connectivity index (χ4v) is 2.64. The Kier molecular flexibility index (Phi) is 5.59. The molecule has 3 N–H and O–H groups in total. The largest absolute Gasteiger partial charge is 0.494 e. The van der Waals surface area contributed by atoms with Crippen molar-refractivity contribution in [1.29, 1.82) is 0 Å². The molecule has 1 aromatic rings. The zero-order valence-electron chi connectivity index (χ0n) is 12.8. The van der Waals surface area contributed by atoms with Gasteiger partial charge < -0.3 is 15.8 Å². The van der Waals surface area contributed by atoms with Gasteiger partial charge in [0.2, 0.25) is 5.91 Å². The van der Waals surface area contributed by atoms with Crippen LogP contribution in [-0.2, 0) is 4.79 Å². The van der Waals surface area contributed by atoms with Gasteiger partial charge in [0.25, 0.3) is 0 Å². The molecule has 0 saturated carbocycles. The van der Waals surface area contributed by atoms with Crippen LogP contribution in [0.5, 0.6) is 5.75 Å². The van der Waals surface area contributed by atoms with E-state index in [0.717, 1.165) is 30.9 Å². The van der Waals surface area contributed by atoms with Crippen LogP contribution in [0.4, 0.5) is 5.69 Å². The number of carbonyl (C=O) groups excluding carboxylic acids is 1. The summed E-state index contributed by atoms with van der Waals surface area (Å²) in [6, 6.07) is 7.64. The van der Waals surface area contributed by atoms with Crippen molar-refractivity contribution in [3.8, 4) is 5.75 Å². The van der Waals surface area contributed by atoms with E-state index in [9.17, 15) is 4.79 Å². The Morgan fingerprint density at radius 2 is 2.19 bits per heavy atom. The Hall–Kier alpha value is -1.59. The van der Waals surface area contributed by atoms with E-state index >= 15 is 0 Å². The van der Waals surface area contributed by atoms with Crippen molar-refractivity contribution in [2.24, 2.45) is 11.7 Å². The summed E-state index contributed by atoms with van der Waals surface area (Å²) in [5, 5.41) is 2.91. The quantitative estimate of drug-likeness (QED) is 0.837. The molecule has 1 aliphatic rings. The summed E-state index contributed by atoms with van der Waals surface area (Å²) in [5.74, 6) is 1.34. The second-order valence-electron chi connectivity index (χ2n) is 5.65. The van der Waals surface area contributed by atoms with Crippen molar-refractivity contribution in [2.75, 3.05) is 31.6 Å². The number of hydrogen-bond acceptors (Lipinski definition) is 4. The van der Waals surface area contributed by atoms with Crippen LogP contribution in [0.1, 0.15) is 20.3 Å². The van der Waals surface area contributed by atoms with Gasteiger partial charge in [-0.2, -0.15) is 0 Å². The van der Waals surface area contributed by atoms with E-state index in [-0.39, 0.29) is 11.9 Å². The van der Waals surface area contributed by atoms with Gasteiger partial charge in [0.05, 0.1) is 13.2 Å². The fraction of sp³-hybridized carbons (Fsp3) is 0.562. The lowest BCUT2D eigenvalue weighted by Crippen LogP contribution is -2.34. The fourth-order valence-electron chi connectivity index (χ4n) is 2.64. The Morgan fingerprint density at radius 1 is 1.48 bits per heavy atom. The highest BCUT2D eigenvalue weighted by Gasteiger charge is 2.26. The smallest absolute Gasteiger partial charge is 0.238 e. The number of hydrogen-bond donors (Lipinski definition) is 2. The molecule has 5 heteroatoms. The van der Waals surface area contributed by atoms with E-state index in [2.05, 4.69) is 10.2 Å². The minimum absolute atomic E-state index is 0.0180. The predicted octanol–water partition coefficient (Wildman–Crippen LogP) is 1.69. The monoisotopic (exact) mass is 291 g/mol. The molecular formula is C16H25N3O2. The molecule has 5 nitrogen and oxygen atoms in total. The second-order valence-corrected chi connectivity index (χ2v) is 5.65. The van der Waals surface area contributed by atoms with Crippen LogP contribution in [0, 0.1) is 5.92 Å². The van der Waals surface area contributed by atoms with Crippen molar-refractivity contribution in [1.82, 2.24) is 4.90 Å². The first-order valence-electron chi connectivity index (χ1n) is 7.59. The molecule has 0 radical (unpaired) electrons. The summed E-state index contributed by atoms with van der Waals surface area (Å²) < 4.78 is 5.37. The molecule has 1 aliphatic heterocycles. The molecule has 1 aromatic carbocycles. The zero-order valence-corrected chi connectivity index (χ0v) is 12.8. The number of nitrogens with one attached hydrogen (secondary N) is 1. The third-order valence-electron chi connectivity index (χ3n) is 3.87. The van der Waals surface area contributed by atoms with Gasteiger partial charge >= 0.3 is 0 Å². The number of nitrogens with zero attached hydrogens (tertiary/aromatic N) is 1. The highest BCUT2D eigenvalue weighted by atomic mass is 16.5. The van der Waals surface area contributed by atoms with E-state index in [4.69, 9.17) is 10.5 Å². The molecule has 0 aliphatic carbocycles. The molecule has 1 saturated heterocycles.